The van der Waals surface area contributed by atoms with Crippen LogP contribution in [0.4, 0.5) is 5.69 Å². The summed E-state index contributed by atoms with van der Waals surface area (Å²) in [5.74, 6) is 0.512. The Labute approximate surface area is 115 Å². The summed E-state index contributed by atoms with van der Waals surface area (Å²) in [5.41, 5.74) is 0.921. The topological polar surface area (TPSA) is 40.5 Å². The van der Waals surface area contributed by atoms with E-state index in [9.17, 15) is 9.90 Å². The number of benzene rings is 1. The Morgan fingerprint density at radius 1 is 1.26 bits per heavy atom. The molecule has 3 nitrogen and oxygen atoms in total. The van der Waals surface area contributed by atoms with Gasteiger partial charge in [0.25, 0.3) is 0 Å². The molecule has 1 amide bonds. The maximum Gasteiger partial charge on any atom is 0.230 e. The van der Waals surface area contributed by atoms with Crippen molar-refractivity contribution in [2.75, 3.05) is 11.9 Å². The van der Waals surface area contributed by atoms with Crippen molar-refractivity contribution in [2.24, 2.45) is 11.3 Å². The van der Waals surface area contributed by atoms with E-state index in [1.165, 1.54) is 6.42 Å². The number of amides is 1. The number of carbonyl (C=O) groups excluding carboxylic acids is 1. The third kappa shape index (κ3) is 2.91. The number of hydrogen-bond acceptors (Lipinski definition) is 2. The number of carbonyl (C=O) groups is 1. The van der Waals surface area contributed by atoms with Crippen LogP contribution in [0.2, 0.25) is 0 Å². The molecule has 0 radical (unpaired) electrons. The van der Waals surface area contributed by atoms with Gasteiger partial charge in [-0.3, -0.25) is 4.79 Å². The molecular weight excluding hydrogens is 238 g/mol. The highest BCUT2D eigenvalue weighted by atomic mass is 16.3. The first-order valence-electron chi connectivity index (χ1n) is 6.98. The second kappa shape index (κ2) is 5.24. The van der Waals surface area contributed by atoms with Crippen molar-refractivity contribution in [2.45, 2.75) is 39.5 Å². The summed E-state index contributed by atoms with van der Waals surface area (Å²) >= 11 is 0. The van der Waals surface area contributed by atoms with Gasteiger partial charge in [-0.25, -0.2) is 0 Å². The molecule has 0 spiro atoms. The quantitative estimate of drug-likeness (QED) is 0.884. The van der Waals surface area contributed by atoms with Gasteiger partial charge in [0, 0.05) is 18.7 Å². The van der Waals surface area contributed by atoms with Gasteiger partial charge in [-0.05, 0) is 42.5 Å². The van der Waals surface area contributed by atoms with Gasteiger partial charge in [-0.1, -0.05) is 26.7 Å². The van der Waals surface area contributed by atoms with E-state index in [0.717, 1.165) is 24.9 Å². The average molecular weight is 261 g/mol. The Bertz CT molecular complexity index is 450. The second-order valence-corrected chi connectivity index (χ2v) is 6.20. The molecule has 1 aromatic carbocycles. The first-order chi connectivity index (χ1) is 8.92. The molecule has 1 unspecified atom stereocenters. The van der Waals surface area contributed by atoms with E-state index in [-0.39, 0.29) is 23.0 Å². The summed E-state index contributed by atoms with van der Waals surface area (Å²) in [6.07, 6.45) is 4.46. The number of nitrogens with zero attached hydrogens (tertiary/aromatic N) is 1. The minimum absolute atomic E-state index is 0.0838. The summed E-state index contributed by atoms with van der Waals surface area (Å²) in [7, 11) is 1.82. The van der Waals surface area contributed by atoms with E-state index >= 15 is 0 Å². The van der Waals surface area contributed by atoms with Crippen LogP contribution in [0.3, 0.4) is 0 Å². The first-order valence-corrected chi connectivity index (χ1v) is 6.98. The second-order valence-electron chi connectivity index (χ2n) is 6.20. The minimum Gasteiger partial charge on any atom is -0.508 e. The molecule has 1 saturated carbocycles. The molecule has 2 rings (SSSR count). The standard InChI is InChI=1S/C16H23NO2/c1-16(2)11-5-4-6-14(16)15(19)17(3)12-7-9-13(18)10-8-12/h7-10,14,18H,4-6,11H2,1-3H3. The molecule has 0 bridgehead atoms. The molecule has 1 atom stereocenters. The number of anilines is 1. The van der Waals surface area contributed by atoms with Gasteiger partial charge in [0.05, 0.1) is 0 Å². The molecule has 0 heterocycles. The van der Waals surface area contributed by atoms with Crippen molar-refractivity contribution >= 4 is 11.6 Å². The molecular formula is C16H23NO2. The maximum atomic E-state index is 12.7. The van der Waals surface area contributed by atoms with Crippen LogP contribution in [0.5, 0.6) is 5.75 Å². The Morgan fingerprint density at radius 3 is 2.47 bits per heavy atom. The van der Waals surface area contributed by atoms with Gasteiger partial charge in [-0.2, -0.15) is 0 Å². The van der Waals surface area contributed by atoms with Crippen LogP contribution in [0, 0.1) is 11.3 Å². The highest BCUT2D eigenvalue weighted by molar-refractivity contribution is 5.95. The van der Waals surface area contributed by atoms with Crippen LogP contribution in [0.25, 0.3) is 0 Å². The summed E-state index contributed by atoms with van der Waals surface area (Å²) < 4.78 is 0. The first kappa shape index (κ1) is 13.9. The van der Waals surface area contributed by atoms with Crippen molar-refractivity contribution in [3.05, 3.63) is 24.3 Å². The van der Waals surface area contributed by atoms with Crippen LogP contribution < -0.4 is 4.90 Å². The van der Waals surface area contributed by atoms with Crippen LogP contribution in [0.1, 0.15) is 39.5 Å². The van der Waals surface area contributed by atoms with E-state index in [1.807, 2.05) is 7.05 Å². The largest absolute Gasteiger partial charge is 0.508 e. The molecule has 1 aromatic rings. The molecule has 3 heteroatoms. The summed E-state index contributed by atoms with van der Waals surface area (Å²) in [6.45, 7) is 4.39. The number of rotatable bonds is 2. The minimum atomic E-state index is 0.0838. The lowest BCUT2D eigenvalue weighted by atomic mass is 9.68. The summed E-state index contributed by atoms with van der Waals surface area (Å²) in [6, 6.07) is 6.79. The molecule has 104 valence electrons. The van der Waals surface area contributed by atoms with Crippen LogP contribution in [-0.4, -0.2) is 18.1 Å². The van der Waals surface area contributed by atoms with Crippen LogP contribution in [-0.2, 0) is 4.79 Å². The number of phenolic OH excluding ortho intramolecular Hbond substituents is 1. The van der Waals surface area contributed by atoms with Crippen molar-refractivity contribution in [3.63, 3.8) is 0 Å². The summed E-state index contributed by atoms with van der Waals surface area (Å²) in [4.78, 5) is 14.4. The van der Waals surface area contributed by atoms with Gasteiger partial charge in [-0.15, -0.1) is 0 Å². The zero-order valence-electron chi connectivity index (χ0n) is 12.0. The maximum absolute atomic E-state index is 12.7. The molecule has 1 N–H and O–H groups in total. The zero-order valence-corrected chi connectivity index (χ0v) is 12.0. The lowest BCUT2D eigenvalue weighted by Gasteiger charge is -2.39. The molecule has 1 fully saturated rings. The monoisotopic (exact) mass is 261 g/mol. The van der Waals surface area contributed by atoms with Crippen molar-refractivity contribution in [1.29, 1.82) is 0 Å². The van der Waals surface area contributed by atoms with Crippen LogP contribution >= 0.6 is 0 Å². The highest BCUT2D eigenvalue weighted by Gasteiger charge is 2.38. The normalized spacial score (nSPS) is 21.9. The lowest BCUT2D eigenvalue weighted by molar-refractivity contribution is -0.127. The van der Waals surface area contributed by atoms with E-state index in [4.69, 9.17) is 0 Å². The van der Waals surface area contributed by atoms with Gasteiger partial charge in [0.2, 0.25) is 5.91 Å². The van der Waals surface area contributed by atoms with E-state index in [2.05, 4.69) is 13.8 Å². The SMILES string of the molecule is CN(C(=O)C1CCCCC1(C)C)c1ccc(O)cc1. The average Bonchev–Trinajstić information content (AvgIpc) is 2.37. The fourth-order valence-corrected chi connectivity index (χ4v) is 2.99. The number of hydrogen-bond donors (Lipinski definition) is 1. The summed E-state index contributed by atoms with van der Waals surface area (Å²) in [5, 5.41) is 9.31. The molecule has 1 aliphatic carbocycles. The number of phenols is 1. The Hall–Kier alpha value is -1.51. The Kier molecular flexibility index (Phi) is 3.83. The number of aromatic hydroxyl groups is 1. The van der Waals surface area contributed by atoms with Gasteiger partial charge >= 0.3 is 0 Å². The Balaban J connectivity index is 2.16. The molecule has 1 aliphatic rings. The fraction of sp³-hybridized carbons (Fsp3) is 0.562. The lowest BCUT2D eigenvalue weighted by Crippen LogP contribution is -2.42. The zero-order chi connectivity index (χ0) is 14.0. The molecule has 19 heavy (non-hydrogen) atoms. The predicted octanol–water partition coefficient (Wildman–Crippen LogP) is 3.57. The smallest absolute Gasteiger partial charge is 0.230 e. The van der Waals surface area contributed by atoms with Gasteiger partial charge in [0.15, 0.2) is 0 Å². The third-order valence-electron chi connectivity index (χ3n) is 4.37. The van der Waals surface area contributed by atoms with E-state index < -0.39 is 0 Å². The third-order valence-corrected chi connectivity index (χ3v) is 4.37. The molecule has 0 aromatic heterocycles. The van der Waals surface area contributed by atoms with Gasteiger partial charge < -0.3 is 10.0 Å². The Morgan fingerprint density at radius 2 is 1.89 bits per heavy atom. The van der Waals surface area contributed by atoms with E-state index in [1.54, 1.807) is 29.2 Å². The molecule has 0 saturated heterocycles. The highest BCUT2D eigenvalue weighted by Crippen LogP contribution is 2.41. The van der Waals surface area contributed by atoms with Crippen LogP contribution in [0.15, 0.2) is 24.3 Å². The fourth-order valence-electron chi connectivity index (χ4n) is 2.99. The van der Waals surface area contributed by atoms with E-state index in [0.29, 0.717) is 0 Å². The van der Waals surface area contributed by atoms with Crippen molar-refractivity contribution in [3.8, 4) is 5.75 Å². The van der Waals surface area contributed by atoms with Gasteiger partial charge in [0.1, 0.15) is 5.75 Å². The predicted molar refractivity (Wildman–Crippen MR) is 77.3 cm³/mol. The molecule has 0 aliphatic heterocycles. The van der Waals surface area contributed by atoms with Crippen molar-refractivity contribution < 1.29 is 9.90 Å². The van der Waals surface area contributed by atoms with Crippen molar-refractivity contribution in [1.82, 2.24) is 0 Å².